The lowest BCUT2D eigenvalue weighted by Crippen LogP contribution is -2.50. The fourth-order valence-corrected chi connectivity index (χ4v) is 2.76. The zero-order valence-electron chi connectivity index (χ0n) is 13.8. The first-order valence-corrected chi connectivity index (χ1v) is 7.75. The summed E-state index contributed by atoms with van der Waals surface area (Å²) >= 11 is 0. The van der Waals surface area contributed by atoms with Gasteiger partial charge in [0.15, 0.2) is 0 Å². The van der Waals surface area contributed by atoms with Gasteiger partial charge in [0, 0.05) is 38.3 Å². The fraction of sp³-hybridized carbons (Fsp3) is 0.588. The third-order valence-corrected chi connectivity index (χ3v) is 3.82. The molecule has 1 aliphatic heterocycles. The second-order valence-electron chi connectivity index (χ2n) is 7.20. The molecule has 1 aromatic carbocycles. The summed E-state index contributed by atoms with van der Waals surface area (Å²) in [6, 6.07) is 4.44. The van der Waals surface area contributed by atoms with Crippen molar-refractivity contribution < 1.29 is 18.0 Å². The molecule has 1 fully saturated rings. The predicted molar refractivity (Wildman–Crippen MR) is 83.2 cm³/mol. The van der Waals surface area contributed by atoms with E-state index in [1.807, 2.05) is 0 Å². The highest BCUT2D eigenvalue weighted by Crippen LogP contribution is 2.29. The van der Waals surface area contributed by atoms with E-state index in [4.69, 9.17) is 0 Å². The molecular formula is C17H23F3N2O. The fourth-order valence-electron chi connectivity index (χ4n) is 2.76. The van der Waals surface area contributed by atoms with Crippen LogP contribution < -0.4 is 0 Å². The highest BCUT2D eigenvalue weighted by atomic mass is 19.4. The molecule has 1 amide bonds. The van der Waals surface area contributed by atoms with Gasteiger partial charge < -0.3 is 4.90 Å². The average molecular weight is 328 g/mol. The van der Waals surface area contributed by atoms with Gasteiger partial charge in [0.25, 0.3) is 5.91 Å². The van der Waals surface area contributed by atoms with Crippen LogP contribution >= 0.6 is 0 Å². The van der Waals surface area contributed by atoms with E-state index < -0.39 is 11.7 Å². The van der Waals surface area contributed by atoms with Crippen molar-refractivity contribution in [2.75, 3.05) is 32.7 Å². The highest BCUT2D eigenvalue weighted by molar-refractivity contribution is 5.94. The van der Waals surface area contributed by atoms with Crippen molar-refractivity contribution in [3.05, 3.63) is 35.4 Å². The lowest BCUT2D eigenvalue weighted by molar-refractivity contribution is -0.137. The van der Waals surface area contributed by atoms with E-state index in [1.165, 1.54) is 12.1 Å². The Labute approximate surface area is 135 Å². The lowest BCUT2D eigenvalue weighted by atomic mass is 9.96. The zero-order valence-corrected chi connectivity index (χ0v) is 13.8. The molecule has 23 heavy (non-hydrogen) atoms. The van der Waals surface area contributed by atoms with Crippen LogP contribution in [0.5, 0.6) is 0 Å². The number of hydrogen-bond donors (Lipinski definition) is 0. The number of benzene rings is 1. The number of rotatable bonds is 2. The summed E-state index contributed by atoms with van der Waals surface area (Å²) in [5, 5.41) is 0. The van der Waals surface area contributed by atoms with E-state index in [0.29, 0.717) is 18.7 Å². The van der Waals surface area contributed by atoms with Crippen LogP contribution in [0.3, 0.4) is 0 Å². The molecular weight excluding hydrogens is 305 g/mol. The molecule has 0 aromatic heterocycles. The van der Waals surface area contributed by atoms with Crippen molar-refractivity contribution in [1.82, 2.24) is 9.80 Å². The second kappa shape index (κ2) is 6.51. The van der Waals surface area contributed by atoms with Crippen molar-refractivity contribution in [2.24, 2.45) is 5.41 Å². The predicted octanol–water partition coefficient (Wildman–Crippen LogP) is 3.51. The van der Waals surface area contributed by atoms with E-state index in [2.05, 4.69) is 25.7 Å². The Morgan fingerprint density at radius 1 is 1.00 bits per heavy atom. The molecule has 2 rings (SSSR count). The Bertz CT molecular complexity index is 538. The molecule has 128 valence electrons. The van der Waals surface area contributed by atoms with Gasteiger partial charge in [-0.3, -0.25) is 9.69 Å². The summed E-state index contributed by atoms with van der Waals surface area (Å²) in [4.78, 5) is 16.4. The van der Waals surface area contributed by atoms with Crippen LogP contribution in [0.15, 0.2) is 24.3 Å². The molecule has 6 heteroatoms. The van der Waals surface area contributed by atoms with Crippen molar-refractivity contribution in [3.63, 3.8) is 0 Å². The van der Waals surface area contributed by atoms with Crippen molar-refractivity contribution in [1.29, 1.82) is 0 Å². The molecule has 0 saturated carbocycles. The monoisotopic (exact) mass is 328 g/mol. The molecule has 1 heterocycles. The quantitative estimate of drug-likeness (QED) is 0.829. The average Bonchev–Trinajstić information content (AvgIpc) is 2.45. The number of carbonyl (C=O) groups is 1. The minimum absolute atomic E-state index is 0.200. The Morgan fingerprint density at radius 3 is 1.96 bits per heavy atom. The molecule has 1 aliphatic rings. The summed E-state index contributed by atoms with van der Waals surface area (Å²) in [5.41, 5.74) is -0.217. The highest BCUT2D eigenvalue weighted by Gasteiger charge is 2.31. The number of halogens is 3. The van der Waals surface area contributed by atoms with Gasteiger partial charge in [0.1, 0.15) is 0 Å². The van der Waals surface area contributed by atoms with E-state index in [1.54, 1.807) is 4.90 Å². The van der Waals surface area contributed by atoms with Gasteiger partial charge in [-0.2, -0.15) is 13.2 Å². The summed E-state index contributed by atoms with van der Waals surface area (Å²) < 4.78 is 37.7. The van der Waals surface area contributed by atoms with Crippen molar-refractivity contribution >= 4 is 5.91 Å². The largest absolute Gasteiger partial charge is 0.416 e. The summed E-state index contributed by atoms with van der Waals surface area (Å²) in [7, 11) is 0. The standard InChI is InChI=1S/C17H23F3N2O/c1-16(2,3)12-21-8-10-22(11-9-21)15(23)13-4-6-14(7-5-13)17(18,19)20/h4-7H,8-12H2,1-3H3. The molecule has 3 nitrogen and oxygen atoms in total. The van der Waals surface area contributed by atoms with Crippen LogP contribution in [0, 0.1) is 5.41 Å². The van der Waals surface area contributed by atoms with Crippen molar-refractivity contribution in [2.45, 2.75) is 26.9 Å². The molecule has 0 bridgehead atoms. The first-order valence-electron chi connectivity index (χ1n) is 7.75. The lowest BCUT2D eigenvalue weighted by Gasteiger charge is -2.37. The third kappa shape index (κ3) is 4.96. The zero-order chi connectivity index (χ0) is 17.3. The molecule has 1 aromatic rings. The number of piperazine rings is 1. The maximum atomic E-state index is 12.6. The van der Waals surface area contributed by atoms with Crippen LogP contribution in [-0.2, 0) is 6.18 Å². The van der Waals surface area contributed by atoms with Crippen LogP contribution in [0.25, 0.3) is 0 Å². The van der Waals surface area contributed by atoms with Gasteiger partial charge in [0.2, 0.25) is 0 Å². The molecule has 0 atom stereocenters. The molecule has 0 spiro atoms. The van der Waals surface area contributed by atoms with Crippen LogP contribution in [0.2, 0.25) is 0 Å². The molecule has 0 aliphatic carbocycles. The van der Waals surface area contributed by atoms with E-state index >= 15 is 0 Å². The number of nitrogens with zero attached hydrogens (tertiary/aromatic N) is 2. The van der Waals surface area contributed by atoms with Crippen LogP contribution in [0.1, 0.15) is 36.7 Å². The maximum Gasteiger partial charge on any atom is 0.416 e. The van der Waals surface area contributed by atoms with Gasteiger partial charge in [-0.05, 0) is 29.7 Å². The van der Waals surface area contributed by atoms with Crippen LogP contribution in [0.4, 0.5) is 13.2 Å². The smallest absolute Gasteiger partial charge is 0.336 e. The number of carbonyl (C=O) groups excluding carboxylic acids is 1. The Balaban J connectivity index is 1.95. The van der Waals surface area contributed by atoms with Gasteiger partial charge >= 0.3 is 6.18 Å². The molecule has 1 saturated heterocycles. The van der Waals surface area contributed by atoms with Gasteiger partial charge in [0.05, 0.1) is 5.56 Å². The first kappa shape index (κ1) is 17.8. The Hall–Kier alpha value is -1.56. The van der Waals surface area contributed by atoms with E-state index in [9.17, 15) is 18.0 Å². The summed E-state index contributed by atoms with van der Waals surface area (Å²) in [6.07, 6.45) is -4.37. The maximum absolute atomic E-state index is 12.6. The van der Waals surface area contributed by atoms with Gasteiger partial charge in [-0.15, -0.1) is 0 Å². The SMILES string of the molecule is CC(C)(C)CN1CCN(C(=O)c2ccc(C(F)(F)F)cc2)CC1. The van der Waals surface area contributed by atoms with Crippen molar-refractivity contribution in [3.8, 4) is 0 Å². The first-order chi connectivity index (χ1) is 10.6. The van der Waals surface area contributed by atoms with Gasteiger partial charge in [-0.1, -0.05) is 20.8 Å². The second-order valence-corrected chi connectivity index (χ2v) is 7.20. The number of amides is 1. The molecule has 0 radical (unpaired) electrons. The Morgan fingerprint density at radius 2 is 1.52 bits per heavy atom. The van der Waals surface area contributed by atoms with Gasteiger partial charge in [-0.25, -0.2) is 0 Å². The van der Waals surface area contributed by atoms with Crippen LogP contribution in [-0.4, -0.2) is 48.4 Å². The minimum atomic E-state index is -4.37. The van der Waals surface area contributed by atoms with E-state index in [0.717, 1.165) is 31.8 Å². The molecule has 0 unspecified atom stereocenters. The normalized spacial score (nSPS) is 17.4. The molecule has 0 N–H and O–H groups in total. The number of alkyl halides is 3. The van der Waals surface area contributed by atoms with E-state index in [-0.39, 0.29) is 11.3 Å². The summed E-state index contributed by atoms with van der Waals surface area (Å²) in [5.74, 6) is -0.200. The number of hydrogen-bond acceptors (Lipinski definition) is 2. The summed E-state index contributed by atoms with van der Waals surface area (Å²) in [6.45, 7) is 10.3. The topological polar surface area (TPSA) is 23.6 Å². The Kier molecular flexibility index (Phi) is 5.04. The minimum Gasteiger partial charge on any atom is -0.336 e. The third-order valence-electron chi connectivity index (χ3n) is 3.82.